The minimum atomic E-state index is -0.966. The zero-order valence-electron chi connectivity index (χ0n) is 5.50. The van der Waals surface area contributed by atoms with Crippen LogP contribution >= 0.6 is 11.8 Å². The molecule has 4 nitrogen and oxygen atoms in total. The maximum atomic E-state index is 10.4. The summed E-state index contributed by atoms with van der Waals surface area (Å²) in [6.07, 6.45) is -0.122. The lowest BCUT2D eigenvalue weighted by molar-refractivity contribution is -0.137. The van der Waals surface area contributed by atoms with Crippen LogP contribution in [0.2, 0.25) is 0 Å². The van der Waals surface area contributed by atoms with E-state index in [1.54, 1.807) is 0 Å². The maximum absolute atomic E-state index is 10.4. The molecule has 0 heterocycles. The van der Waals surface area contributed by atoms with E-state index in [2.05, 4.69) is 0 Å². The molecule has 0 aliphatic carbocycles. The SMILES string of the molecule is CC(=O)N(Cl)CCC(=O)O. The monoisotopic (exact) mass is 165 g/mol. The summed E-state index contributed by atoms with van der Waals surface area (Å²) in [7, 11) is 0. The van der Waals surface area contributed by atoms with Gasteiger partial charge in [-0.15, -0.1) is 0 Å². The van der Waals surface area contributed by atoms with Crippen molar-refractivity contribution in [2.75, 3.05) is 6.54 Å². The van der Waals surface area contributed by atoms with Crippen LogP contribution in [0.4, 0.5) is 0 Å². The zero-order valence-corrected chi connectivity index (χ0v) is 6.26. The van der Waals surface area contributed by atoms with Crippen LogP contribution in [-0.4, -0.2) is 27.9 Å². The highest BCUT2D eigenvalue weighted by atomic mass is 35.5. The fraction of sp³-hybridized carbons (Fsp3) is 0.600. The van der Waals surface area contributed by atoms with Crippen molar-refractivity contribution < 1.29 is 14.7 Å². The van der Waals surface area contributed by atoms with E-state index in [-0.39, 0.29) is 18.9 Å². The zero-order chi connectivity index (χ0) is 8.15. The third-order valence-corrected chi connectivity index (χ3v) is 1.27. The van der Waals surface area contributed by atoms with Crippen LogP contribution in [0.3, 0.4) is 0 Å². The molecule has 0 unspecified atom stereocenters. The molecule has 0 radical (unpaired) electrons. The van der Waals surface area contributed by atoms with Crippen LogP contribution in [0.5, 0.6) is 0 Å². The van der Waals surface area contributed by atoms with E-state index in [1.165, 1.54) is 6.92 Å². The van der Waals surface area contributed by atoms with Gasteiger partial charge in [0.2, 0.25) is 5.91 Å². The number of carboxylic acids is 1. The number of rotatable bonds is 3. The van der Waals surface area contributed by atoms with Crippen molar-refractivity contribution in [1.29, 1.82) is 0 Å². The average Bonchev–Trinajstić information content (AvgIpc) is 1.82. The fourth-order valence-electron chi connectivity index (χ4n) is 0.351. The molecule has 1 amide bonds. The molecule has 5 heteroatoms. The van der Waals surface area contributed by atoms with E-state index in [0.717, 1.165) is 4.42 Å². The Labute approximate surface area is 63.5 Å². The summed E-state index contributed by atoms with van der Waals surface area (Å²) < 4.78 is 0.841. The van der Waals surface area contributed by atoms with Gasteiger partial charge in [0.1, 0.15) is 0 Å². The number of carboxylic acid groups (broad SMARTS) is 1. The van der Waals surface area contributed by atoms with Crippen LogP contribution in [0.25, 0.3) is 0 Å². The van der Waals surface area contributed by atoms with Gasteiger partial charge in [-0.25, -0.2) is 0 Å². The summed E-state index contributed by atoms with van der Waals surface area (Å²) in [5.41, 5.74) is 0. The largest absolute Gasteiger partial charge is 0.481 e. The van der Waals surface area contributed by atoms with Gasteiger partial charge in [-0.2, -0.15) is 0 Å². The quantitative estimate of drug-likeness (QED) is 0.619. The Hall–Kier alpha value is -0.770. The number of nitrogens with zero attached hydrogens (tertiary/aromatic N) is 1. The van der Waals surface area contributed by atoms with Crippen molar-refractivity contribution in [1.82, 2.24) is 4.42 Å². The molecule has 10 heavy (non-hydrogen) atoms. The molecule has 0 atom stereocenters. The summed E-state index contributed by atoms with van der Waals surface area (Å²) in [5, 5.41) is 8.15. The van der Waals surface area contributed by atoms with Crippen molar-refractivity contribution in [3.05, 3.63) is 0 Å². The van der Waals surface area contributed by atoms with Crippen LogP contribution in [-0.2, 0) is 9.59 Å². The lowest BCUT2D eigenvalue weighted by Gasteiger charge is -2.07. The highest BCUT2D eigenvalue weighted by Crippen LogP contribution is 1.95. The van der Waals surface area contributed by atoms with E-state index in [0.29, 0.717) is 0 Å². The molecule has 0 aliphatic heterocycles. The normalized spacial score (nSPS) is 9.00. The number of carbonyl (C=O) groups is 2. The third kappa shape index (κ3) is 4.14. The first-order chi connectivity index (χ1) is 4.54. The lowest BCUT2D eigenvalue weighted by Crippen LogP contribution is -2.21. The Kier molecular flexibility index (Phi) is 3.79. The van der Waals surface area contributed by atoms with Gasteiger partial charge in [0, 0.05) is 25.2 Å². The summed E-state index contributed by atoms with van der Waals surface area (Å²) in [6.45, 7) is 1.32. The Balaban J connectivity index is 3.49. The highest BCUT2D eigenvalue weighted by molar-refractivity contribution is 6.20. The maximum Gasteiger partial charge on any atom is 0.305 e. The van der Waals surface area contributed by atoms with Crippen LogP contribution in [0.1, 0.15) is 13.3 Å². The van der Waals surface area contributed by atoms with Crippen LogP contribution in [0, 0.1) is 0 Å². The number of amides is 1. The minimum absolute atomic E-state index is 0.0478. The van der Waals surface area contributed by atoms with Gasteiger partial charge < -0.3 is 5.11 Å². The first kappa shape index (κ1) is 9.23. The van der Waals surface area contributed by atoms with Crippen LogP contribution < -0.4 is 0 Å². The Morgan fingerprint density at radius 1 is 1.60 bits per heavy atom. The van der Waals surface area contributed by atoms with Crippen molar-refractivity contribution in [2.45, 2.75) is 13.3 Å². The van der Waals surface area contributed by atoms with Crippen molar-refractivity contribution >= 4 is 23.7 Å². The van der Waals surface area contributed by atoms with E-state index < -0.39 is 5.97 Å². The van der Waals surface area contributed by atoms with Crippen molar-refractivity contribution in [3.8, 4) is 0 Å². The molecule has 0 aromatic heterocycles. The van der Waals surface area contributed by atoms with E-state index in [1.807, 2.05) is 0 Å². The predicted octanol–water partition coefficient (Wildman–Crippen LogP) is 0.463. The number of carbonyl (C=O) groups excluding carboxylic acids is 1. The van der Waals surface area contributed by atoms with Gasteiger partial charge in [-0.1, -0.05) is 0 Å². The summed E-state index contributed by atoms with van der Waals surface area (Å²) in [4.78, 5) is 20.3. The molecule has 1 N–H and O–H groups in total. The summed E-state index contributed by atoms with van der Waals surface area (Å²) >= 11 is 5.28. The fourth-order valence-corrected chi connectivity index (χ4v) is 0.436. The lowest BCUT2D eigenvalue weighted by atomic mass is 10.4. The molecule has 0 aromatic rings. The molecular formula is C5H8ClNO3. The number of hydrogen-bond acceptors (Lipinski definition) is 2. The van der Waals surface area contributed by atoms with E-state index in [4.69, 9.17) is 16.9 Å². The molecule has 0 saturated heterocycles. The molecule has 58 valence electrons. The van der Waals surface area contributed by atoms with Gasteiger partial charge in [0.05, 0.1) is 6.42 Å². The molecule has 0 aliphatic rings. The topological polar surface area (TPSA) is 57.6 Å². The summed E-state index contributed by atoms with van der Waals surface area (Å²) in [5.74, 6) is -1.31. The van der Waals surface area contributed by atoms with Gasteiger partial charge in [-0.05, 0) is 0 Å². The first-order valence-corrected chi connectivity index (χ1v) is 3.03. The van der Waals surface area contributed by atoms with Gasteiger partial charge in [0.15, 0.2) is 0 Å². The van der Waals surface area contributed by atoms with E-state index in [9.17, 15) is 9.59 Å². The van der Waals surface area contributed by atoms with Crippen LogP contribution in [0.15, 0.2) is 0 Å². The van der Waals surface area contributed by atoms with Gasteiger partial charge in [-0.3, -0.25) is 14.0 Å². The van der Waals surface area contributed by atoms with Gasteiger partial charge in [0.25, 0.3) is 0 Å². The highest BCUT2D eigenvalue weighted by Gasteiger charge is 2.06. The Bertz CT molecular complexity index is 148. The second-order valence-corrected chi connectivity index (χ2v) is 2.16. The van der Waals surface area contributed by atoms with Crippen molar-refractivity contribution in [2.24, 2.45) is 0 Å². The minimum Gasteiger partial charge on any atom is -0.481 e. The summed E-state index contributed by atoms with van der Waals surface area (Å²) in [6, 6.07) is 0. The number of aliphatic carboxylic acids is 1. The predicted molar refractivity (Wildman–Crippen MR) is 35.5 cm³/mol. The first-order valence-electron chi connectivity index (χ1n) is 2.69. The molecule has 0 bridgehead atoms. The number of halogens is 1. The smallest absolute Gasteiger partial charge is 0.305 e. The van der Waals surface area contributed by atoms with Crippen molar-refractivity contribution in [3.63, 3.8) is 0 Å². The standard InChI is InChI=1S/C5H8ClNO3/c1-4(8)7(6)3-2-5(9)10/h2-3H2,1H3,(H,9,10). The molecule has 0 rings (SSSR count). The molecule has 0 aromatic carbocycles. The second-order valence-electron chi connectivity index (χ2n) is 1.75. The van der Waals surface area contributed by atoms with E-state index >= 15 is 0 Å². The third-order valence-electron chi connectivity index (χ3n) is 0.864. The molecule has 0 spiro atoms. The van der Waals surface area contributed by atoms with Gasteiger partial charge >= 0.3 is 5.97 Å². The average molecular weight is 166 g/mol. The Morgan fingerprint density at radius 2 is 2.10 bits per heavy atom. The molecular weight excluding hydrogens is 158 g/mol. The molecule has 0 fully saturated rings. The molecule has 0 saturated carbocycles. The Morgan fingerprint density at radius 3 is 2.40 bits per heavy atom. The number of hydrogen-bond donors (Lipinski definition) is 1. The second kappa shape index (κ2) is 4.11.